The number of hydrogen-bond donors (Lipinski definition) is 0. The minimum Gasteiger partial charge on any atom is -0.497 e. The third kappa shape index (κ3) is 3.45. The van der Waals surface area contributed by atoms with Crippen molar-refractivity contribution < 1.29 is 19.1 Å². The van der Waals surface area contributed by atoms with Gasteiger partial charge >= 0.3 is 0 Å². The Labute approximate surface area is 159 Å². The maximum absolute atomic E-state index is 13.2. The van der Waals surface area contributed by atoms with Crippen LogP contribution in [0.1, 0.15) is 51.4 Å². The lowest BCUT2D eigenvalue weighted by Gasteiger charge is -2.37. The summed E-state index contributed by atoms with van der Waals surface area (Å²) in [5, 5.41) is 0. The average Bonchev–Trinajstić information content (AvgIpc) is 3.50. The van der Waals surface area contributed by atoms with Gasteiger partial charge in [0, 0.05) is 12.0 Å². The fourth-order valence-corrected chi connectivity index (χ4v) is 4.32. The van der Waals surface area contributed by atoms with Crippen LogP contribution in [-0.2, 0) is 14.4 Å². The number of imide groups is 1. The number of carbonyl (C=O) groups is 3. The largest absolute Gasteiger partial charge is 0.497 e. The Kier molecular flexibility index (Phi) is 4.89. The summed E-state index contributed by atoms with van der Waals surface area (Å²) in [5.74, 6) is 0.279. The number of methoxy groups -OCH3 is 1. The molecular formula is C21H26N2O4. The van der Waals surface area contributed by atoms with Crippen molar-refractivity contribution in [2.24, 2.45) is 5.92 Å². The van der Waals surface area contributed by atoms with Gasteiger partial charge < -0.3 is 9.64 Å². The van der Waals surface area contributed by atoms with Crippen molar-refractivity contribution in [3.8, 4) is 5.75 Å². The SMILES string of the molecule is COc1ccc(N2C(=O)CC(N(C(=O)C3CC3)C3CCCCC3)C2=O)cc1. The molecule has 1 aromatic rings. The van der Waals surface area contributed by atoms with E-state index in [2.05, 4.69) is 0 Å². The van der Waals surface area contributed by atoms with Crippen molar-refractivity contribution in [1.29, 1.82) is 0 Å². The van der Waals surface area contributed by atoms with Crippen LogP contribution in [0.3, 0.4) is 0 Å². The predicted octanol–water partition coefficient (Wildman–Crippen LogP) is 2.90. The van der Waals surface area contributed by atoms with Crippen LogP contribution in [-0.4, -0.2) is 41.8 Å². The summed E-state index contributed by atoms with van der Waals surface area (Å²) in [6.07, 6.45) is 7.08. The third-order valence-electron chi connectivity index (χ3n) is 5.94. The number of hydrogen-bond acceptors (Lipinski definition) is 4. The highest BCUT2D eigenvalue weighted by atomic mass is 16.5. The molecule has 6 nitrogen and oxygen atoms in total. The summed E-state index contributed by atoms with van der Waals surface area (Å²) >= 11 is 0. The highest BCUT2D eigenvalue weighted by Crippen LogP contribution is 2.37. The van der Waals surface area contributed by atoms with Gasteiger partial charge in [-0.15, -0.1) is 0 Å². The van der Waals surface area contributed by atoms with Crippen LogP contribution >= 0.6 is 0 Å². The van der Waals surface area contributed by atoms with Gasteiger partial charge in [0.2, 0.25) is 11.8 Å². The van der Waals surface area contributed by atoms with Crippen LogP contribution in [0.15, 0.2) is 24.3 Å². The Morgan fingerprint density at radius 1 is 1.04 bits per heavy atom. The Morgan fingerprint density at radius 3 is 2.30 bits per heavy atom. The molecular weight excluding hydrogens is 344 g/mol. The molecule has 1 heterocycles. The first-order valence-electron chi connectivity index (χ1n) is 9.93. The van der Waals surface area contributed by atoms with E-state index in [1.165, 1.54) is 11.3 Å². The van der Waals surface area contributed by atoms with Crippen molar-refractivity contribution >= 4 is 23.4 Å². The molecule has 144 valence electrons. The number of rotatable bonds is 5. The van der Waals surface area contributed by atoms with Gasteiger partial charge in [-0.3, -0.25) is 14.4 Å². The van der Waals surface area contributed by atoms with Crippen molar-refractivity contribution in [2.45, 2.75) is 63.5 Å². The van der Waals surface area contributed by atoms with Gasteiger partial charge in [-0.05, 0) is 49.9 Å². The number of anilines is 1. The van der Waals surface area contributed by atoms with E-state index < -0.39 is 6.04 Å². The van der Waals surface area contributed by atoms with E-state index in [1.54, 1.807) is 36.3 Å². The van der Waals surface area contributed by atoms with E-state index >= 15 is 0 Å². The molecule has 3 amide bonds. The zero-order valence-electron chi connectivity index (χ0n) is 15.7. The molecule has 6 heteroatoms. The Balaban J connectivity index is 1.59. The van der Waals surface area contributed by atoms with Crippen LogP contribution in [0.25, 0.3) is 0 Å². The quantitative estimate of drug-likeness (QED) is 0.748. The van der Waals surface area contributed by atoms with E-state index in [0.717, 1.165) is 38.5 Å². The zero-order chi connectivity index (χ0) is 19.0. The van der Waals surface area contributed by atoms with Crippen LogP contribution in [0, 0.1) is 5.92 Å². The molecule has 0 spiro atoms. The predicted molar refractivity (Wildman–Crippen MR) is 100 cm³/mol. The molecule has 3 fully saturated rings. The van der Waals surface area contributed by atoms with Crippen molar-refractivity contribution in [2.75, 3.05) is 12.0 Å². The van der Waals surface area contributed by atoms with Gasteiger partial charge in [0.1, 0.15) is 11.8 Å². The molecule has 0 aromatic heterocycles. The van der Waals surface area contributed by atoms with Crippen molar-refractivity contribution in [3.05, 3.63) is 24.3 Å². The van der Waals surface area contributed by atoms with Gasteiger partial charge in [0.05, 0.1) is 19.2 Å². The van der Waals surface area contributed by atoms with Gasteiger partial charge in [0.15, 0.2) is 0 Å². The Bertz CT molecular complexity index is 735. The molecule has 1 atom stereocenters. The average molecular weight is 370 g/mol. The second kappa shape index (κ2) is 7.33. The molecule has 2 saturated carbocycles. The summed E-state index contributed by atoms with van der Waals surface area (Å²) in [4.78, 5) is 41.9. The van der Waals surface area contributed by atoms with E-state index in [0.29, 0.717) is 11.4 Å². The Hall–Kier alpha value is -2.37. The summed E-state index contributed by atoms with van der Waals surface area (Å²) in [6, 6.07) is 6.32. The molecule has 0 radical (unpaired) electrons. The molecule has 1 saturated heterocycles. The maximum atomic E-state index is 13.2. The summed E-state index contributed by atoms with van der Waals surface area (Å²) in [7, 11) is 1.57. The number of benzene rings is 1. The van der Waals surface area contributed by atoms with E-state index in [-0.39, 0.29) is 36.1 Å². The standard InChI is InChI=1S/C21H26N2O4/c1-27-17-11-9-16(10-12-17)23-19(24)13-18(21(23)26)22(20(25)14-7-8-14)15-5-3-2-4-6-15/h9-12,14-15,18H,2-8,13H2,1H3. The highest BCUT2D eigenvalue weighted by Gasteiger charge is 2.49. The van der Waals surface area contributed by atoms with Crippen LogP contribution in [0.4, 0.5) is 5.69 Å². The van der Waals surface area contributed by atoms with Crippen molar-refractivity contribution in [3.63, 3.8) is 0 Å². The lowest BCUT2D eigenvalue weighted by molar-refractivity contribution is -0.143. The first-order valence-corrected chi connectivity index (χ1v) is 9.93. The number of ether oxygens (including phenoxy) is 1. The van der Waals surface area contributed by atoms with Gasteiger partial charge in [-0.1, -0.05) is 19.3 Å². The first kappa shape index (κ1) is 18.0. The lowest BCUT2D eigenvalue weighted by Crippen LogP contribution is -2.52. The molecule has 0 bridgehead atoms. The van der Waals surface area contributed by atoms with E-state index in [4.69, 9.17) is 4.74 Å². The number of carbonyl (C=O) groups excluding carboxylic acids is 3. The maximum Gasteiger partial charge on any atom is 0.257 e. The van der Waals surface area contributed by atoms with Gasteiger partial charge in [0.25, 0.3) is 5.91 Å². The number of nitrogens with zero attached hydrogens (tertiary/aromatic N) is 2. The first-order chi connectivity index (χ1) is 13.1. The number of amides is 3. The molecule has 1 unspecified atom stereocenters. The third-order valence-corrected chi connectivity index (χ3v) is 5.94. The second-order valence-corrected chi connectivity index (χ2v) is 7.80. The molecule has 4 rings (SSSR count). The minimum absolute atomic E-state index is 0.0462. The molecule has 0 N–H and O–H groups in total. The summed E-state index contributed by atoms with van der Waals surface area (Å²) in [6.45, 7) is 0. The monoisotopic (exact) mass is 370 g/mol. The Morgan fingerprint density at radius 2 is 1.70 bits per heavy atom. The van der Waals surface area contributed by atoms with Crippen LogP contribution in [0.2, 0.25) is 0 Å². The zero-order valence-corrected chi connectivity index (χ0v) is 15.7. The minimum atomic E-state index is -0.657. The molecule has 1 aliphatic heterocycles. The molecule has 27 heavy (non-hydrogen) atoms. The summed E-state index contributed by atoms with van der Waals surface area (Å²) in [5.41, 5.74) is 0.538. The normalized spacial score (nSPS) is 23.6. The van der Waals surface area contributed by atoms with Gasteiger partial charge in [-0.2, -0.15) is 0 Å². The van der Waals surface area contributed by atoms with E-state index in [9.17, 15) is 14.4 Å². The highest BCUT2D eigenvalue weighted by molar-refractivity contribution is 6.23. The van der Waals surface area contributed by atoms with Crippen LogP contribution < -0.4 is 9.64 Å². The van der Waals surface area contributed by atoms with Gasteiger partial charge in [-0.25, -0.2) is 4.90 Å². The molecule has 3 aliphatic rings. The second-order valence-electron chi connectivity index (χ2n) is 7.80. The molecule has 1 aromatic carbocycles. The molecule has 2 aliphatic carbocycles. The van der Waals surface area contributed by atoms with Crippen molar-refractivity contribution in [1.82, 2.24) is 4.90 Å². The lowest BCUT2D eigenvalue weighted by atomic mass is 9.92. The smallest absolute Gasteiger partial charge is 0.257 e. The fraction of sp³-hybridized carbons (Fsp3) is 0.571. The van der Waals surface area contributed by atoms with Crippen LogP contribution in [0.5, 0.6) is 5.75 Å². The van der Waals surface area contributed by atoms with E-state index in [1.807, 2.05) is 0 Å². The fourth-order valence-electron chi connectivity index (χ4n) is 4.32. The topological polar surface area (TPSA) is 66.9 Å². The summed E-state index contributed by atoms with van der Waals surface area (Å²) < 4.78 is 5.15.